The first-order chi connectivity index (χ1) is 10.1. The zero-order valence-electron chi connectivity index (χ0n) is 12.7. The van der Waals surface area contributed by atoms with Gasteiger partial charge in [0.25, 0.3) is 0 Å². The third-order valence-corrected chi connectivity index (χ3v) is 3.48. The van der Waals surface area contributed by atoms with E-state index in [1.165, 1.54) is 0 Å². The van der Waals surface area contributed by atoms with Crippen LogP contribution in [0.4, 0.5) is 0 Å². The minimum atomic E-state index is -0.452. The minimum Gasteiger partial charge on any atom is -0.463 e. The van der Waals surface area contributed by atoms with Gasteiger partial charge in [0, 0.05) is 0 Å². The molecule has 0 aromatic heterocycles. The first kappa shape index (κ1) is 15.3. The molecular weight excluding hydrogens is 268 g/mol. The van der Waals surface area contributed by atoms with Crippen LogP contribution in [0.25, 0.3) is 5.57 Å². The van der Waals surface area contributed by atoms with Crippen LogP contribution < -0.4 is 0 Å². The lowest BCUT2D eigenvalue weighted by Crippen LogP contribution is -2.20. The Bertz CT molecular complexity index is 599. The van der Waals surface area contributed by atoms with Crippen LogP contribution in [0.1, 0.15) is 37.0 Å². The Hall–Kier alpha value is -2.10. The Morgan fingerprint density at radius 1 is 1.05 bits per heavy atom. The molecule has 0 unspecified atom stereocenters. The number of hydrogen-bond donors (Lipinski definition) is 0. The highest BCUT2D eigenvalue weighted by molar-refractivity contribution is 6.23. The number of carbonyl (C=O) groups excluding carboxylic acids is 2. The standard InChI is InChI=1S/C17H20O4/c1-4-20-16(18)13-9-8-12-7-6-11(3)10-14(12)15(13)17(19)21-5-2/h6-7,10H,4-5,8-9H2,1-3H3. The van der Waals surface area contributed by atoms with Crippen molar-refractivity contribution in [3.63, 3.8) is 0 Å². The lowest BCUT2D eigenvalue weighted by molar-refractivity contribution is -0.140. The van der Waals surface area contributed by atoms with Gasteiger partial charge < -0.3 is 9.47 Å². The van der Waals surface area contributed by atoms with Gasteiger partial charge in [-0.25, -0.2) is 9.59 Å². The van der Waals surface area contributed by atoms with Gasteiger partial charge in [-0.1, -0.05) is 23.8 Å². The zero-order valence-corrected chi connectivity index (χ0v) is 12.7. The second-order valence-corrected chi connectivity index (χ2v) is 4.96. The van der Waals surface area contributed by atoms with Crippen molar-refractivity contribution in [3.05, 3.63) is 40.5 Å². The molecule has 1 aliphatic rings. The van der Waals surface area contributed by atoms with Crippen molar-refractivity contribution in [2.75, 3.05) is 13.2 Å². The highest BCUT2D eigenvalue weighted by atomic mass is 16.5. The van der Waals surface area contributed by atoms with E-state index in [2.05, 4.69) is 0 Å². The van der Waals surface area contributed by atoms with E-state index in [0.717, 1.165) is 23.1 Å². The maximum Gasteiger partial charge on any atom is 0.339 e. The van der Waals surface area contributed by atoms with E-state index in [9.17, 15) is 9.59 Å². The number of ether oxygens (including phenoxy) is 2. The molecule has 1 aliphatic carbocycles. The molecule has 0 N–H and O–H groups in total. The summed E-state index contributed by atoms with van der Waals surface area (Å²) >= 11 is 0. The van der Waals surface area contributed by atoms with Gasteiger partial charge in [-0.15, -0.1) is 0 Å². The van der Waals surface area contributed by atoms with Gasteiger partial charge in [0.15, 0.2) is 0 Å². The normalized spacial score (nSPS) is 13.7. The van der Waals surface area contributed by atoms with Crippen molar-refractivity contribution in [1.29, 1.82) is 0 Å². The van der Waals surface area contributed by atoms with Gasteiger partial charge in [-0.2, -0.15) is 0 Å². The van der Waals surface area contributed by atoms with E-state index in [-0.39, 0.29) is 6.61 Å². The maximum absolute atomic E-state index is 12.3. The van der Waals surface area contributed by atoms with Crippen molar-refractivity contribution in [2.45, 2.75) is 33.6 Å². The molecule has 0 saturated heterocycles. The largest absolute Gasteiger partial charge is 0.463 e. The molecule has 0 saturated carbocycles. The van der Waals surface area contributed by atoms with Gasteiger partial charge in [0.2, 0.25) is 0 Å². The van der Waals surface area contributed by atoms with E-state index in [1.807, 2.05) is 25.1 Å². The third kappa shape index (κ3) is 3.15. The fourth-order valence-corrected chi connectivity index (χ4v) is 2.55. The third-order valence-electron chi connectivity index (χ3n) is 3.48. The molecule has 4 heteroatoms. The van der Waals surface area contributed by atoms with Crippen LogP contribution in [0.5, 0.6) is 0 Å². The Morgan fingerprint density at radius 2 is 1.71 bits per heavy atom. The molecule has 0 spiro atoms. The van der Waals surface area contributed by atoms with Crippen LogP contribution in [0.3, 0.4) is 0 Å². The van der Waals surface area contributed by atoms with E-state index < -0.39 is 11.9 Å². The summed E-state index contributed by atoms with van der Waals surface area (Å²) in [6.45, 7) is 6.03. The number of hydrogen-bond acceptors (Lipinski definition) is 4. The predicted octanol–water partition coefficient (Wildman–Crippen LogP) is 2.82. The molecule has 1 aromatic carbocycles. The second-order valence-electron chi connectivity index (χ2n) is 4.96. The molecule has 0 aliphatic heterocycles. The molecule has 0 fully saturated rings. The molecule has 1 aromatic rings. The summed E-state index contributed by atoms with van der Waals surface area (Å²) in [5, 5.41) is 0. The van der Waals surface area contributed by atoms with Crippen molar-refractivity contribution in [2.24, 2.45) is 0 Å². The van der Waals surface area contributed by atoms with Gasteiger partial charge in [-0.3, -0.25) is 0 Å². The quantitative estimate of drug-likeness (QED) is 0.799. The molecule has 4 nitrogen and oxygen atoms in total. The summed E-state index contributed by atoms with van der Waals surface area (Å²) in [7, 11) is 0. The molecule has 0 radical (unpaired) electrons. The van der Waals surface area contributed by atoms with Crippen LogP contribution in [-0.4, -0.2) is 25.2 Å². The van der Waals surface area contributed by atoms with Crippen LogP contribution in [0.15, 0.2) is 23.8 Å². The molecule has 112 valence electrons. The highest BCUT2D eigenvalue weighted by Crippen LogP contribution is 2.33. The molecule has 0 heterocycles. The molecular formula is C17H20O4. The lowest BCUT2D eigenvalue weighted by atomic mass is 9.84. The summed E-state index contributed by atoms with van der Waals surface area (Å²) in [5.41, 5.74) is 3.69. The van der Waals surface area contributed by atoms with Gasteiger partial charge in [-0.05, 0) is 44.7 Å². The summed E-state index contributed by atoms with van der Waals surface area (Å²) in [5.74, 6) is -0.875. The van der Waals surface area contributed by atoms with E-state index >= 15 is 0 Å². The Balaban J connectivity index is 2.56. The number of benzene rings is 1. The van der Waals surface area contributed by atoms with Crippen molar-refractivity contribution >= 4 is 17.5 Å². The summed E-state index contributed by atoms with van der Waals surface area (Å²) in [6, 6.07) is 5.95. The first-order valence-corrected chi connectivity index (χ1v) is 7.25. The molecule has 0 atom stereocenters. The summed E-state index contributed by atoms with van der Waals surface area (Å²) in [6.07, 6.45) is 1.23. The van der Waals surface area contributed by atoms with E-state index in [4.69, 9.17) is 9.47 Å². The first-order valence-electron chi connectivity index (χ1n) is 7.25. The lowest BCUT2D eigenvalue weighted by Gasteiger charge is -2.21. The van der Waals surface area contributed by atoms with Crippen LogP contribution in [0.2, 0.25) is 0 Å². The van der Waals surface area contributed by atoms with Gasteiger partial charge in [0.1, 0.15) is 0 Å². The fourth-order valence-electron chi connectivity index (χ4n) is 2.55. The number of esters is 2. The summed E-state index contributed by atoms with van der Waals surface area (Å²) in [4.78, 5) is 24.4. The van der Waals surface area contributed by atoms with Crippen molar-refractivity contribution < 1.29 is 19.1 Å². The van der Waals surface area contributed by atoms with E-state index in [0.29, 0.717) is 24.2 Å². The Kier molecular flexibility index (Phi) is 4.78. The predicted molar refractivity (Wildman–Crippen MR) is 79.7 cm³/mol. The average molecular weight is 288 g/mol. The number of carbonyl (C=O) groups is 2. The molecule has 2 rings (SSSR count). The average Bonchev–Trinajstić information content (AvgIpc) is 2.46. The van der Waals surface area contributed by atoms with Crippen LogP contribution in [-0.2, 0) is 25.5 Å². The number of fused-ring (bicyclic) bond motifs is 1. The minimum absolute atomic E-state index is 0.277. The molecule has 0 bridgehead atoms. The second kappa shape index (κ2) is 6.57. The zero-order chi connectivity index (χ0) is 15.4. The molecule has 0 amide bonds. The topological polar surface area (TPSA) is 52.6 Å². The monoisotopic (exact) mass is 288 g/mol. The highest BCUT2D eigenvalue weighted by Gasteiger charge is 2.29. The maximum atomic E-state index is 12.3. The Labute approximate surface area is 124 Å². The summed E-state index contributed by atoms with van der Waals surface area (Å²) < 4.78 is 10.2. The fraction of sp³-hybridized carbons (Fsp3) is 0.412. The smallest absolute Gasteiger partial charge is 0.339 e. The number of aryl methyl sites for hydroxylation is 2. The van der Waals surface area contributed by atoms with Gasteiger partial charge >= 0.3 is 11.9 Å². The molecule has 21 heavy (non-hydrogen) atoms. The van der Waals surface area contributed by atoms with E-state index in [1.54, 1.807) is 13.8 Å². The SMILES string of the molecule is CCOC(=O)C1=C(C(=O)OCC)c2cc(C)ccc2CC1. The number of rotatable bonds is 4. The van der Waals surface area contributed by atoms with Crippen molar-refractivity contribution in [1.82, 2.24) is 0 Å². The van der Waals surface area contributed by atoms with Crippen molar-refractivity contribution in [3.8, 4) is 0 Å². The van der Waals surface area contributed by atoms with Crippen LogP contribution in [0, 0.1) is 6.92 Å². The Morgan fingerprint density at radius 3 is 2.38 bits per heavy atom. The van der Waals surface area contributed by atoms with Crippen LogP contribution >= 0.6 is 0 Å². The van der Waals surface area contributed by atoms with Gasteiger partial charge in [0.05, 0.1) is 24.4 Å².